The van der Waals surface area contributed by atoms with Gasteiger partial charge in [-0.25, -0.2) is 4.85 Å². The number of aromatic nitrogens is 3. The molecular weight excluding hydrogens is 685 g/mol. The van der Waals surface area contributed by atoms with E-state index in [1.807, 2.05) is 85.2 Å². The van der Waals surface area contributed by atoms with Crippen LogP contribution in [-0.4, -0.2) is 14.1 Å². The number of fused-ring (bicyclic) bond motifs is 6. The molecule has 0 atom stereocenters. The van der Waals surface area contributed by atoms with Gasteiger partial charge in [-0.1, -0.05) is 84.9 Å². The minimum atomic E-state index is 0.558. The number of para-hydroxylation sites is 2. The van der Waals surface area contributed by atoms with Gasteiger partial charge in [0.2, 0.25) is 0 Å². The van der Waals surface area contributed by atoms with E-state index < -0.39 is 0 Å². The average molecular weight is 713 g/mol. The Morgan fingerprint density at radius 2 is 1.02 bits per heavy atom. The molecule has 3 aromatic heterocycles. The zero-order chi connectivity index (χ0) is 37.8. The van der Waals surface area contributed by atoms with Crippen LogP contribution in [0.4, 0.5) is 5.69 Å². The number of rotatable bonds is 5. The van der Waals surface area contributed by atoms with Crippen molar-refractivity contribution in [2.45, 2.75) is 0 Å². The third kappa shape index (κ3) is 5.12. The predicted octanol–water partition coefficient (Wildman–Crippen LogP) is 12.6. The lowest BCUT2D eigenvalue weighted by Gasteiger charge is -2.18. The molecule has 0 saturated heterocycles. The van der Waals surface area contributed by atoms with Crippen LogP contribution in [0.15, 0.2) is 170 Å². The summed E-state index contributed by atoms with van der Waals surface area (Å²) in [6, 6.07) is 57.7. The van der Waals surface area contributed by atoms with Crippen molar-refractivity contribution in [3.63, 3.8) is 0 Å². The van der Waals surface area contributed by atoms with Gasteiger partial charge < -0.3 is 9.13 Å². The Labute approximate surface area is 322 Å². The third-order valence-electron chi connectivity index (χ3n) is 10.7. The Hall–Kier alpha value is -8.24. The summed E-state index contributed by atoms with van der Waals surface area (Å²) in [6.45, 7) is 7.54. The summed E-state index contributed by atoms with van der Waals surface area (Å²) in [7, 11) is 0. The number of benzene rings is 7. The normalized spacial score (nSPS) is 11.2. The first-order chi connectivity index (χ1) is 27.6. The van der Waals surface area contributed by atoms with Crippen LogP contribution in [0.25, 0.3) is 93.2 Å². The van der Waals surface area contributed by atoms with E-state index in [9.17, 15) is 10.5 Å². The first kappa shape index (κ1) is 32.4. The van der Waals surface area contributed by atoms with Crippen LogP contribution in [0, 0.1) is 29.2 Å². The van der Waals surface area contributed by atoms with Crippen molar-refractivity contribution in [1.82, 2.24) is 14.1 Å². The number of nitriles is 2. The molecule has 10 aromatic rings. The molecule has 10 rings (SSSR count). The summed E-state index contributed by atoms with van der Waals surface area (Å²) in [5.74, 6) is 0. The molecule has 6 nitrogen and oxygen atoms in total. The maximum Gasteiger partial charge on any atom is 0.187 e. The van der Waals surface area contributed by atoms with E-state index in [-0.39, 0.29) is 0 Å². The molecule has 6 heteroatoms. The highest BCUT2D eigenvalue weighted by Crippen LogP contribution is 2.42. The van der Waals surface area contributed by atoms with Crippen LogP contribution in [-0.2, 0) is 0 Å². The zero-order valence-electron chi connectivity index (χ0n) is 29.8. The van der Waals surface area contributed by atoms with E-state index in [4.69, 9.17) is 6.57 Å². The standard InChI is InChI=1S/C50H28N6/c1-53-38-11-7-10-35(26-38)37-18-20-47-43(28-37)39-12-2-4-14-45(39)55(47)49-25-33(30-52)16-19-41(49)42-22-23-54-31-50(42)56-46-15-5-3-13-40(46)44-27-36(17-21-48(44)56)34-9-6-8-32(24-34)29-51/h2-28,31H. The lowest BCUT2D eigenvalue weighted by atomic mass is 10.00. The smallest absolute Gasteiger partial charge is 0.187 e. The second-order valence-corrected chi connectivity index (χ2v) is 13.8. The minimum Gasteiger partial charge on any atom is -0.309 e. The van der Waals surface area contributed by atoms with Gasteiger partial charge in [0, 0.05) is 38.9 Å². The Kier molecular flexibility index (Phi) is 7.53. The molecular formula is C50H28N6. The molecule has 0 aliphatic heterocycles. The number of hydrogen-bond acceptors (Lipinski definition) is 3. The van der Waals surface area contributed by atoms with Gasteiger partial charge in [-0.05, 0) is 95.1 Å². The van der Waals surface area contributed by atoms with Crippen molar-refractivity contribution in [3.8, 4) is 56.9 Å². The fourth-order valence-electron chi connectivity index (χ4n) is 8.15. The molecule has 258 valence electrons. The van der Waals surface area contributed by atoms with Crippen molar-refractivity contribution >= 4 is 49.3 Å². The van der Waals surface area contributed by atoms with Gasteiger partial charge in [-0.3, -0.25) is 4.98 Å². The van der Waals surface area contributed by atoms with Crippen molar-refractivity contribution in [1.29, 1.82) is 10.5 Å². The fourth-order valence-corrected chi connectivity index (χ4v) is 8.15. The monoisotopic (exact) mass is 712 g/mol. The molecule has 3 heterocycles. The van der Waals surface area contributed by atoms with E-state index in [1.54, 1.807) is 0 Å². The van der Waals surface area contributed by atoms with Gasteiger partial charge in [0.1, 0.15) is 0 Å². The Balaban J connectivity index is 1.21. The van der Waals surface area contributed by atoms with E-state index in [0.717, 1.165) is 88.4 Å². The maximum atomic E-state index is 10.2. The van der Waals surface area contributed by atoms with Crippen molar-refractivity contribution in [3.05, 3.63) is 193 Å². The van der Waals surface area contributed by atoms with Gasteiger partial charge in [-0.15, -0.1) is 0 Å². The van der Waals surface area contributed by atoms with Crippen LogP contribution in [0.5, 0.6) is 0 Å². The van der Waals surface area contributed by atoms with Crippen LogP contribution < -0.4 is 0 Å². The Morgan fingerprint density at radius 3 is 1.68 bits per heavy atom. The SMILES string of the molecule is [C-]#[N+]c1cccc(-c2ccc3c(c2)c2ccccc2n3-c2cc(C#N)ccc2-c2ccncc2-n2c3ccccc3c3cc(-c4cccc(C#N)c4)ccc32)c1. The topological polar surface area (TPSA) is 74.7 Å². The lowest BCUT2D eigenvalue weighted by Crippen LogP contribution is -2.02. The molecule has 0 N–H and O–H groups in total. The van der Waals surface area contributed by atoms with Crippen molar-refractivity contribution in [2.75, 3.05) is 0 Å². The van der Waals surface area contributed by atoms with Crippen molar-refractivity contribution < 1.29 is 0 Å². The molecule has 0 unspecified atom stereocenters. The van der Waals surface area contributed by atoms with Crippen LogP contribution >= 0.6 is 0 Å². The van der Waals surface area contributed by atoms with Gasteiger partial charge in [0.15, 0.2) is 5.69 Å². The second kappa shape index (κ2) is 13.0. The van der Waals surface area contributed by atoms with E-state index in [1.165, 1.54) is 0 Å². The zero-order valence-corrected chi connectivity index (χ0v) is 29.8. The fraction of sp³-hybridized carbons (Fsp3) is 0. The average Bonchev–Trinajstić information content (AvgIpc) is 3.78. The van der Waals surface area contributed by atoms with Gasteiger partial charge in [0.05, 0.1) is 69.5 Å². The third-order valence-corrected chi connectivity index (χ3v) is 10.7. The predicted molar refractivity (Wildman–Crippen MR) is 225 cm³/mol. The molecule has 7 aromatic carbocycles. The van der Waals surface area contributed by atoms with Crippen LogP contribution in [0.2, 0.25) is 0 Å². The molecule has 0 fully saturated rings. The number of hydrogen-bond donors (Lipinski definition) is 0. The summed E-state index contributed by atoms with van der Waals surface area (Å²) < 4.78 is 4.54. The molecule has 0 aliphatic carbocycles. The summed E-state index contributed by atoms with van der Waals surface area (Å²) in [4.78, 5) is 8.32. The summed E-state index contributed by atoms with van der Waals surface area (Å²) in [5.41, 5.74) is 13.6. The van der Waals surface area contributed by atoms with Crippen LogP contribution in [0.1, 0.15) is 11.1 Å². The summed E-state index contributed by atoms with van der Waals surface area (Å²) in [5, 5.41) is 24.2. The molecule has 0 aliphatic rings. The summed E-state index contributed by atoms with van der Waals surface area (Å²) in [6.07, 6.45) is 3.74. The highest BCUT2D eigenvalue weighted by Gasteiger charge is 2.21. The first-order valence-corrected chi connectivity index (χ1v) is 18.2. The quantitative estimate of drug-likeness (QED) is 0.167. The largest absolute Gasteiger partial charge is 0.309 e. The van der Waals surface area contributed by atoms with Crippen molar-refractivity contribution in [2.24, 2.45) is 0 Å². The number of nitrogens with zero attached hydrogens (tertiary/aromatic N) is 6. The maximum absolute atomic E-state index is 10.2. The minimum absolute atomic E-state index is 0.558. The Morgan fingerprint density at radius 1 is 0.464 bits per heavy atom. The second-order valence-electron chi connectivity index (χ2n) is 13.8. The number of pyridine rings is 1. The van der Waals surface area contributed by atoms with Gasteiger partial charge in [-0.2, -0.15) is 10.5 Å². The van der Waals surface area contributed by atoms with Gasteiger partial charge in [0.25, 0.3) is 0 Å². The molecule has 56 heavy (non-hydrogen) atoms. The van der Waals surface area contributed by atoms with Crippen LogP contribution in [0.3, 0.4) is 0 Å². The van der Waals surface area contributed by atoms with E-state index in [0.29, 0.717) is 16.8 Å². The van der Waals surface area contributed by atoms with E-state index in [2.05, 4.69) is 116 Å². The molecule has 0 radical (unpaired) electrons. The van der Waals surface area contributed by atoms with Gasteiger partial charge >= 0.3 is 0 Å². The molecule has 0 bridgehead atoms. The van der Waals surface area contributed by atoms with E-state index >= 15 is 0 Å². The lowest BCUT2D eigenvalue weighted by molar-refractivity contribution is 1.13. The summed E-state index contributed by atoms with van der Waals surface area (Å²) >= 11 is 0. The molecule has 0 spiro atoms. The highest BCUT2D eigenvalue weighted by molar-refractivity contribution is 6.12. The first-order valence-electron chi connectivity index (χ1n) is 18.2. The molecule has 0 amide bonds. The Bertz CT molecular complexity index is 3360. The molecule has 0 saturated carbocycles. The highest BCUT2D eigenvalue weighted by atomic mass is 15.0.